The molecule has 132 valence electrons. The summed E-state index contributed by atoms with van der Waals surface area (Å²) in [7, 11) is 0. The molecule has 24 heavy (non-hydrogen) atoms. The van der Waals surface area contributed by atoms with E-state index in [2.05, 4.69) is 22.5 Å². The van der Waals surface area contributed by atoms with Crippen LogP contribution in [0.1, 0.15) is 6.42 Å². The fourth-order valence-electron chi connectivity index (χ4n) is 2.87. The van der Waals surface area contributed by atoms with Gasteiger partial charge in [-0.3, -0.25) is 14.5 Å². The predicted octanol–water partition coefficient (Wildman–Crippen LogP) is 2.90. The summed E-state index contributed by atoms with van der Waals surface area (Å²) in [5.41, 5.74) is -2.79. The first kappa shape index (κ1) is 18.7. The highest BCUT2D eigenvalue weighted by Gasteiger charge is 2.60. The highest BCUT2D eigenvalue weighted by atomic mass is 79.9. The lowest BCUT2D eigenvalue weighted by Crippen LogP contribution is -2.64. The van der Waals surface area contributed by atoms with Crippen molar-refractivity contribution in [3.05, 3.63) is 34.7 Å². The van der Waals surface area contributed by atoms with Gasteiger partial charge in [0.25, 0.3) is 0 Å². The quantitative estimate of drug-likeness (QED) is 0.530. The molecule has 2 aliphatic heterocycles. The van der Waals surface area contributed by atoms with Crippen LogP contribution in [-0.4, -0.2) is 46.8 Å². The molecule has 1 N–H and O–H groups in total. The summed E-state index contributed by atoms with van der Waals surface area (Å²) < 4.78 is 58.1. The van der Waals surface area contributed by atoms with E-state index >= 15 is 0 Å². The number of nitrogens with zero attached hydrogens (tertiary/aromatic N) is 1. The lowest BCUT2D eigenvalue weighted by atomic mass is 9.74. The van der Waals surface area contributed by atoms with E-state index in [1.807, 2.05) is 0 Å². The Labute approximate surface area is 142 Å². The average Bonchev–Trinajstić information content (AvgIpc) is 2.58. The monoisotopic (exact) mass is 413 g/mol. The molecule has 0 saturated carbocycles. The van der Waals surface area contributed by atoms with Crippen LogP contribution >= 0.6 is 15.9 Å². The van der Waals surface area contributed by atoms with Crippen molar-refractivity contribution in [2.75, 3.05) is 13.2 Å². The van der Waals surface area contributed by atoms with Gasteiger partial charge >= 0.3 is 18.1 Å². The van der Waals surface area contributed by atoms with E-state index < -0.39 is 52.1 Å². The predicted molar refractivity (Wildman–Crippen MR) is 77.5 cm³/mol. The number of carbonyl (C=O) groups is 2. The Morgan fingerprint density at radius 2 is 2.04 bits per heavy atom. The molecule has 0 aromatic rings. The van der Waals surface area contributed by atoms with Gasteiger partial charge in [-0.2, -0.15) is 13.2 Å². The smallest absolute Gasteiger partial charge is 0.471 e. The van der Waals surface area contributed by atoms with Crippen molar-refractivity contribution in [1.82, 2.24) is 4.90 Å². The van der Waals surface area contributed by atoms with Gasteiger partial charge in [0.2, 0.25) is 0 Å². The van der Waals surface area contributed by atoms with E-state index in [-0.39, 0.29) is 17.9 Å². The molecule has 0 aromatic heterocycles. The Hall–Kier alpha value is -1.68. The molecular formula is C14H12BrF4NO4. The number of ether oxygens (including phenoxy) is 1. The van der Waals surface area contributed by atoms with Gasteiger partial charge in [0.15, 0.2) is 0 Å². The second-order valence-electron chi connectivity index (χ2n) is 5.28. The SMILES string of the molecule is C=C1C(F)=CC=C(Br)N(C(=O)C(F)(F)F)[C@]12COCC[C@H]2C(=O)O. The number of amides is 1. The molecule has 0 bridgehead atoms. The van der Waals surface area contributed by atoms with Crippen LogP contribution in [0.2, 0.25) is 0 Å². The topological polar surface area (TPSA) is 66.8 Å². The number of carboxylic acid groups (broad SMARTS) is 1. The average molecular weight is 414 g/mol. The second-order valence-corrected chi connectivity index (χ2v) is 6.09. The van der Waals surface area contributed by atoms with E-state index in [1.165, 1.54) is 0 Å². The molecule has 2 rings (SSSR count). The van der Waals surface area contributed by atoms with E-state index in [9.17, 15) is 32.3 Å². The third kappa shape index (κ3) is 2.88. The molecule has 1 fully saturated rings. The number of carboxylic acids is 1. The van der Waals surface area contributed by atoms with E-state index in [0.29, 0.717) is 0 Å². The maximum Gasteiger partial charge on any atom is 0.471 e. The van der Waals surface area contributed by atoms with Crippen LogP contribution in [0.5, 0.6) is 0 Å². The fourth-order valence-corrected chi connectivity index (χ4v) is 3.48. The number of hydrogen-bond acceptors (Lipinski definition) is 3. The fraction of sp³-hybridized carbons (Fsp3) is 0.429. The molecular weight excluding hydrogens is 402 g/mol. The van der Waals surface area contributed by atoms with Crippen molar-refractivity contribution in [1.29, 1.82) is 0 Å². The molecule has 1 spiro atoms. The molecule has 2 heterocycles. The van der Waals surface area contributed by atoms with Gasteiger partial charge in [0.1, 0.15) is 11.4 Å². The van der Waals surface area contributed by atoms with Gasteiger partial charge in [0.05, 0.1) is 17.1 Å². The normalized spacial score (nSPS) is 28.3. The number of halogens is 5. The van der Waals surface area contributed by atoms with Crippen molar-refractivity contribution < 1.29 is 37.0 Å². The molecule has 0 aliphatic carbocycles. The lowest BCUT2D eigenvalue weighted by Gasteiger charge is -2.49. The van der Waals surface area contributed by atoms with Crippen LogP contribution in [0.25, 0.3) is 0 Å². The zero-order chi connectivity index (χ0) is 18.3. The maximum atomic E-state index is 14.2. The van der Waals surface area contributed by atoms with Crippen LogP contribution in [0, 0.1) is 5.92 Å². The molecule has 2 aliphatic rings. The summed E-state index contributed by atoms with van der Waals surface area (Å²) >= 11 is 2.81. The van der Waals surface area contributed by atoms with Crippen molar-refractivity contribution in [2.45, 2.75) is 18.1 Å². The van der Waals surface area contributed by atoms with Gasteiger partial charge in [-0.15, -0.1) is 0 Å². The summed E-state index contributed by atoms with van der Waals surface area (Å²) in [4.78, 5) is 23.8. The summed E-state index contributed by atoms with van der Waals surface area (Å²) in [6, 6.07) is 0. The summed E-state index contributed by atoms with van der Waals surface area (Å²) in [6.45, 7) is 2.73. The Morgan fingerprint density at radius 1 is 1.42 bits per heavy atom. The molecule has 0 aromatic carbocycles. The molecule has 1 amide bonds. The molecule has 1 saturated heterocycles. The number of alkyl halides is 3. The molecule has 10 heteroatoms. The minimum absolute atomic E-state index is 0.0489. The van der Waals surface area contributed by atoms with Crippen LogP contribution in [0.4, 0.5) is 17.6 Å². The van der Waals surface area contributed by atoms with Gasteiger partial charge in [-0.25, -0.2) is 4.39 Å². The van der Waals surface area contributed by atoms with Crippen molar-refractivity contribution in [2.24, 2.45) is 5.92 Å². The summed E-state index contributed by atoms with van der Waals surface area (Å²) in [6.07, 6.45) is -3.80. The third-order valence-electron chi connectivity index (χ3n) is 3.98. The van der Waals surface area contributed by atoms with Crippen LogP contribution in [0.15, 0.2) is 34.7 Å². The van der Waals surface area contributed by atoms with E-state index in [1.54, 1.807) is 0 Å². The lowest BCUT2D eigenvalue weighted by molar-refractivity contribution is -0.194. The first-order valence-corrected chi connectivity index (χ1v) is 7.47. The zero-order valence-electron chi connectivity index (χ0n) is 12.1. The minimum atomic E-state index is -5.30. The molecule has 5 nitrogen and oxygen atoms in total. The van der Waals surface area contributed by atoms with Gasteiger partial charge in [0, 0.05) is 12.2 Å². The minimum Gasteiger partial charge on any atom is -0.481 e. The van der Waals surface area contributed by atoms with Crippen LogP contribution in [0.3, 0.4) is 0 Å². The number of hydrogen-bond donors (Lipinski definition) is 1. The van der Waals surface area contributed by atoms with E-state index in [4.69, 9.17) is 4.74 Å². The molecule has 0 unspecified atom stereocenters. The van der Waals surface area contributed by atoms with E-state index in [0.717, 1.165) is 12.2 Å². The molecule has 0 radical (unpaired) electrons. The summed E-state index contributed by atoms with van der Waals surface area (Å²) in [5, 5.41) is 9.45. The first-order chi connectivity index (χ1) is 11.0. The number of carbonyl (C=O) groups excluding carboxylic acids is 1. The maximum absolute atomic E-state index is 14.2. The van der Waals surface area contributed by atoms with Gasteiger partial charge in [-0.1, -0.05) is 6.58 Å². The largest absolute Gasteiger partial charge is 0.481 e. The summed E-state index contributed by atoms with van der Waals surface area (Å²) in [5.74, 6) is -6.37. The van der Waals surface area contributed by atoms with Crippen molar-refractivity contribution in [3.8, 4) is 0 Å². The first-order valence-electron chi connectivity index (χ1n) is 6.68. The number of aliphatic carboxylic acids is 1. The van der Waals surface area contributed by atoms with Crippen molar-refractivity contribution in [3.63, 3.8) is 0 Å². The Morgan fingerprint density at radius 3 is 2.58 bits per heavy atom. The number of rotatable bonds is 1. The number of allylic oxidation sites excluding steroid dienone is 2. The van der Waals surface area contributed by atoms with Gasteiger partial charge < -0.3 is 9.84 Å². The third-order valence-corrected chi connectivity index (χ3v) is 4.60. The van der Waals surface area contributed by atoms with Crippen LogP contribution < -0.4 is 0 Å². The Balaban J connectivity index is 2.73. The zero-order valence-corrected chi connectivity index (χ0v) is 13.7. The Kier molecular flexibility index (Phi) is 4.91. The van der Waals surface area contributed by atoms with Crippen molar-refractivity contribution >= 4 is 27.8 Å². The van der Waals surface area contributed by atoms with Crippen LogP contribution in [-0.2, 0) is 14.3 Å². The van der Waals surface area contributed by atoms with Gasteiger partial charge in [-0.05, 0) is 34.5 Å². The highest BCUT2D eigenvalue weighted by Crippen LogP contribution is 2.46. The highest BCUT2D eigenvalue weighted by molar-refractivity contribution is 9.11. The standard InChI is InChI=1S/C14H12BrF4NO4/c1-7-9(16)2-3-10(15)20(12(23)14(17,18)19)13(7)6-24-5-4-8(13)11(21)22/h2-3,8H,1,4-6H2,(H,21,22)/t8-,13+/m0/s1. The second kappa shape index (κ2) is 6.32. The molecule has 2 atom stereocenters. The Bertz CT molecular complexity index is 658.